The quantitative estimate of drug-likeness (QED) is 0.236. The van der Waals surface area contributed by atoms with E-state index in [9.17, 15) is 19.5 Å². The Morgan fingerprint density at radius 2 is 1.92 bits per heavy atom. The molecule has 1 aliphatic carbocycles. The topological polar surface area (TPSA) is 137 Å². The molecule has 1 saturated heterocycles. The summed E-state index contributed by atoms with van der Waals surface area (Å²) in [6.45, 7) is 9.31. The monoisotopic (exact) mass is 524 g/mol. The van der Waals surface area contributed by atoms with Crippen molar-refractivity contribution in [1.29, 1.82) is 0 Å². The van der Waals surface area contributed by atoms with Crippen molar-refractivity contribution in [2.24, 2.45) is 11.8 Å². The van der Waals surface area contributed by atoms with Crippen molar-refractivity contribution < 1.29 is 38.4 Å². The first-order chi connectivity index (χ1) is 18.1. The third-order valence-corrected chi connectivity index (χ3v) is 6.33. The highest BCUT2D eigenvalue weighted by atomic mass is 16.7. The second kappa shape index (κ2) is 11.3. The van der Waals surface area contributed by atoms with Gasteiger partial charge in [-0.25, -0.2) is 14.6 Å². The van der Waals surface area contributed by atoms with E-state index in [1.165, 1.54) is 45.1 Å². The molecular formula is C28H32N2O8. The summed E-state index contributed by atoms with van der Waals surface area (Å²) >= 11 is 0. The lowest BCUT2D eigenvalue weighted by Crippen LogP contribution is -2.25. The second-order valence-electron chi connectivity index (χ2n) is 9.67. The van der Waals surface area contributed by atoms with E-state index in [2.05, 4.69) is 16.9 Å². The first kappa shape index (κ1) is 27.3. The van der Waals surface area contributed by atoms with Gasteiger partial charge in [0.05, 0.1) is 24.3 Å². The molecule has 3 unspecified atom stereocenters. The fraction of sp³-hybridized carbons (Fsp3) is 0.429. The predicted octanol–water partition coefficient (Wildman–Crippen LogP) is 4.20. The molecule has 4 rings (SSSR count). The highest BCUT2D eigenvalue weighted by molar-refractivity contribution is 6.02. The maximum absolute atomic E-state index is 13.3. The first-order valence-corrected chi connectivity index (χ1v) is 12.5. The molecule has 2 heterocycles. The summed E-state index contributed by atoms with van der Waals surface area (Å²) in [5.41, 5.74) is 1.19. The van der Waals surface area contributed by atoms with Crippen LogP contribution >= 0.6 is 0 Å². The molecule has 0 radical (unpaired) electrons. The summed E-state index contributed by atoms with van der Waals surface area (Å²) in [6, 6.07) is 6.24. The number of epoxide rings is 1. The molecule has 38 heavy (non-hydrogen) atoms. The average Bonchev–Trinajstić information content (AvgIpc) is 3.81. The number of methoxy groups -OCH3 is 1. The highest BCUT2D eigenvalue weighted by Crippen LogP contribution is 2.40. The van der Waals surface area contributed by atoms with Crippen molar-refractivity contribution in [2.75, 3.05) is 13.7 Å². The number of rotatable bonds is 12. The predicted molar refractivity (Wildman–Crippen MR) is 137 cm³/mol. The van der Waals surface area contributed by atoms with Crippen LogP contribution in [0.4, 0.5) is 0 Å². The van der Waals surface area contributed by atoms with E-state index >= 15 is 0 Å². The van der Waals surface area contributed by atoms with Gasteiger partial charge in [0, 0.05) is 30.2 Å². The van der Waals surface area contributed by atoms with Crippen molar-refractivity contribution >= 4 is 24.0 Å². The molecule has 1 aliphatic heterocycles. The van der Waals surface area contributed by atoms with E-state index < -0.39 is 30.1 Å². The van der Waals surface area contributed by atoms with E-state index in [1.807, 2.05) is 0 Å². The molecule has 10 nitrogen and oxygen atoms in total. The zero-order chi connectivity index (χ0) is 27.6. The molecule has 2 aromatic rings. The van der Waals surface area contributed by atoms with Crippen LogP contribution in [0.15, 0.2) is 30.8 Å². The van der Waals surface area contributed by atoms with Crippen LogP contribution in [-0.4, -0.2) is 54.2 Å². The highest BCUT2D eigenvalue weighted by Gasteiger charge is 2.42. The molecule has 3 atom stereocenters. The van der Waals surface area contributed by atoms with Crippen molar-refractivity contribution in [3.05, 3.63) is 53.4 Å². The number of pyridine rings is 1. The smallest absolute Gasteiger partial charge is 0.360 e. The Hall–Kier alpha value is -3.76. The Bertz CT molecular complexity index is 1250. The Kier molecular flexibility index (Phi) is 8.13. The zero-order valence-electron chi connectivity index (χ0n) is 21.9. The number of hydrogen-bond donors (Lipinski definition) is 2. The van der Waals surface area contributed by atoms with Crippen molar-refractivity contribution in [2.45, 2.75) is 52.2 Å². The van der Waals surface area contributed by atoms with E-state index in [0.29, 0.717) is 22.9 Å². The Morgan fingerprint density at radius 1 is 1.18 bits per heavy atom. The van der Waals surface area contributed by atoms with E-state index in [4.69, 9.17) is 18.9 Å². The number of carboxylic acid groups (broad SMARTS) is 1. The van der Waals surface area contributed by atoms with Crippen molar-refractivity contribution in [3.63, 3.8) is 0 Å². The minimum Gasteiger partial charge on any atom is -0.496 e. The number of carboxylic acids is 1. The number of esters is 2. The summed E-state index contributed by atoms with van der Waals surface area (Å²) < 4.78 is 21.7. The molecule has 2 fully saturated rings. The average molecular weight is 525 g/mol. The van der Waals surface area contributed by atoms with Crippen LogP contribution in [0.5, 0.6) is 5.75 Å². The lowest BCUT2D eigenvalue weighted by Gasteiger charge is -2.18. The van der Waals surface area contributed by atoms with E-state index in [1.54, 1.807) is 26.0 Å². The minimum absolute atomic E-state index is 0.0739. The summed E-state index contributed by atoms with van der Waals surface area (Å²) in [4.78, 5) is 42.0. The molecule has 1 aromatic carbocycles. The fourth-order valence-electron chi connectivity index (χ4n) is 3.97. The molecule has 0 spiro atoms. The van der Waals surface area contributed by atoms with Gasteiger partial charge in [0.15, 0.2) is 5.69 Å². The first-order valence-electron chi connectivity index (χ1n) is 12.5. The number of nitrogens with one attached hydrogen (secondary N) is 1. The van der Waals surface area contributed by atoms with Crippen LogP contribution in [0.2, 0.25) is 0 Å². The number of carbonyl (C=O) groups is 3. The standard InChI is InChI=1S/C28H32N2O8/c1-6-17-11-20(26(31)32)19(12-22(17)35-5)18-9-10-21(24-25(38-24)29-13-16-7-8-16)30-23(18)28(34)37-15(4)36-27(33)14(2)3/h6,9-12,14-16,24-25,29H,1,7-8,13H2,2-5H3,(H,31,32). The Labute approximate surface area is 220 Å². The lowest BCUT2D eigenvalue weighted by molar-refractivity contribution is -0.169. The number of aromatic nitrogens is 1. The van der Waals surface area contributed by atoms with Crippen LogP contribution in [0.25, 0.3) is 17.2 Å². The number of ether oxygens (including phenoxy) is 4. The summed E-state index contributed by atoms with van der Waals surface area (Å²) in [6.07, 6.45) is 2.12. The largest absolute Gasteiger partial charge is 0.496 e. The Morgan fingerprint density at radius 3 is 2.53 bits per heavy atom. The Balaban J connectivity index is 1.71. The second-order valence-corrected chi connectivity index (χ2v) is 9.67. The number of benzene rings is 1. The van der Waals surface area contributed by atoms with Crippen LogP contribution in [0.1, 0.15) is 71.8 Å². The maximum atomic E-state index is 13.3. The molecule has 1 aromatic heterocycles. The lowest BCUT2D eigenvalue weighted by atomic mass is 9.95. The molecule has 202 valence electrons. The van der Waals surface area contributed by atoms with Gasteiger partial charge < -0.3 is 24.1 Å². The number of aromatic carboxylic acids is 1. The van der Waals surface area contributed by atoms with Crippen molar-refractivity contribution in [3.8, 4) is 16.9 Å². The van der Waals surface area contributed by atoms with Gasteiger partial charge in [0.25, 0.3) is 0 Å². The SMILES string of the molecule is C=Cc1cc(C(=O)O)c(-c2ccc(C3OC3NCC3CC3)nc2C(=O)OC(C)OC(=O)C(C)C)cc1OC. The number of carbonyl (C=O) groups excluding carboxylic acids is 2. The molecule has 10 heteroatoms. The van der Waals surface area contributed by atoms with Gasteiger partial charge in [-0.1, -0.05) is 26.5 Å². The van der Waals surface area contributed by atoms with Gasteiger partial charge in [-0.05, 0) is 43.0 Å². The molecule has 0 bridgehead atoms. The normalized spacial score (nSPS) is 19.0. The zero-order valence-corrected chi connectivity index (χ0v) is 21.9. The van der Waals surface area contributed by atoms with Crippen LogP contribution in [0, 0.1) is 11.8 Å². The van der Waals surface area contributed by atoms with Gasteiger partial charge >= 0.3 is 17.9 Å². The van der Waals surface area contributed by atoms with Crippen LogP contribution in [0.3, 0.4) is 0 Å². The van der Waals surface area contributed by atoms with Gasteiger partial charge in [-0.3, -0.25) is 10.1 Å². The number of nitrogens with zero attached hydrogens (tertiary/aromatic N) is 1. The molecule has 2 N–H and O–H groups in total. The maximum Gasteiger partial charge on any atom is 0.360 e. The van der Waals surface area contributed by atoms with Gasteiger partial charge in [0.2, 0.25) is 6.29 Å². The fourth-order valence-corrected chi connectivity index (χ4v) is 3.97. The van der Waals surface area contributed by atoms with Crippen LogP contribution in [-0.2, 0) is 19.0 Å². The molecule has 2 aliphatic rings. The minimum atomic E-state index is -1.21. The summed E-state index contributed by atoms with van der Waals surface area (Å²) in [5, 5.41) is 13.3. The van der Waals surface area contributed by atoms with Gasteiger partial charge in [-0.15, -0.1) is 0 Å². The van der Waals surface area contributed by atoms with E-state index in [0.717, 1.165) is 6.54 Å². The molecule has 0 amide bonds. The van der Waals surface area contributed by atoms with Crippen LogP contribution < -0.4 is 10.1 Å². The summed E-state index contributed by atoms with van der Waals surface area (Å²) in [5.74, 6) is -1.98. The third-order valence-electron chi connectivity index (χ3n) is 6.33. The number of hydrogen-bond acceptors (Lipinski definition) is 9. The molecule has 1 saturated carbocycles. The summed E-state index contributed by atoms with van der Waals surface area (Å²) in [7, 11) is 1.45. The van der Waals surface area contributed by atoms with Crippen molar-refractivity contribution in [1.82, 2.24) is 10.3 Å². The third kappa shape index (κ3) is 6.20. The van der Waals surface area contributed by atoms with Gasteiger partial charge in [0.1, 0.15) is 18.1 Å². The van der Waals surface area contributed by atoms with Gasteiger partial charge in [-0.2, -0.15) is 0 Å². The molecular weight excluding hydrogens is 492 g/mol. The van der Waals surface area contributed by atoms with E-state index in [-0.39, 0.29) is 34.7 Å².